The highest BCUT2D eigenvalue weighted by Crippen LogP contribution is 2.26. The average molecular weight is 319 g/mol. The van der Waals surface area contributed by atoms with Crippen LogP contribution in [-0.2, 0) is 11.2 Å². The van der Waals surface area contributed by atoms with Crippen LogP contribution < -0.4 is 0 Å². The summed E-state index contributed by atoms with van der Waals surface area (Å²) >= 11 is 0. The van der Waals surface area contributed by atoms with Gasteiger partial charge in [0.05, 0.1) is 17.9 Å². The zero-order chi connectivity index (χ0) is 17.1. The number of furan rings is 1. The second-order valence-electron chi connectivity index (χ2n) is 5.40. The molecule has 1 amide bonds. The van der Waals surface area contributed by atoms with Crippen LogP contribution in [-0.4, -0.2) is 28.9 Å². The smallest absolute Gasteiger partial charge is 0.311 e. The molecule has 2 aromatic rings. The van der Waals surface area contributed by atoms with E-state index in [1.54, 1.807) is 39.1 Å². The molecule has 0 aliphatic carbocycles. The van der Waals surface area contributed by atoms with Gasteiger partial charge in [0.2, 0.25) is 0 Å². The maximum absolute atomic E-state index is 13.9. The third-order valence-electron chi connectivity index (χ3n) is 3.83. The topological polar surface area (TPSA) is 70.7 Å². The van der Waals surface area contributed by atoms with Crippen LogP contribution in [0.5, 0.6) is 0 Å². The summed E-state index contributed by atoms with van der Waals surface area (Å²) in [6.07, 6.45) is 0.976. The molecule has 0 radical (unpaired) electrons. The highest BCUT2D eigenvalue weighted by Gasteiger charge is 2.27. The van der Waals surface area contributed by atoms with Crippen LogP contribution in [0.15, 0.2) is 34.9 Å². The summed E-state index contributed by atoms with van der Waals surface area (Å²) in [5.41, 5.74) is 1.17. The molecule has 2 rings (SSSR count). The Bertz CT molecular complexity index is 738. The summed E-state index contributed by atoms with van der Waals surface area (Å²) in [5, 5.41) is 8.91. The number of hydrogen-bond donors (Lipinski definition) is 1. The van der Waals surface area contributed by atoms with Crippen molar-refractivity contribution >= 4 is 11.9 Å². The molecule has 0 aliphatic heterocycles. The van der Waals surface area contributed by atoms with Gasteiger partial charge in [-0.3, -0.25) is 9.59 Å². The van der Waals surface area contributed by atoms with Crippen molar-refractivity contribution in [3.05, 3.63) is 58.8 Å². The number of benzene rings is 1. The first-order chi connectivity index (χ1) is 10.8. The Kier molecular flexibility index (Phi) is 4.83. The summed E-state index contributed by atoms with van der Waals surface area (Å²) in [4.78, 5) is 25.0. The van der Waals surface area contributed by atoms with Crippen molar-refractivity contribution in [1.82, 2.24) is 4.90 Å². The van der Waals surface area contributed by atoms with E-state index in [1.807, 2.05) is 0 Å². The van der Waals surface area contributed by atoms with Crippen LogP contribution in [0.3, 0.4) is 0 Å². The number of carboxylic acid groups (broad SMARTS) is 1. The number of amides is 1. The molecule has 0 spiro atoms. The van der Waals surface area contributed by atoms with Crippen molar-refractivity contribution in [2.75, 3.05) is 7.05 Å². The van der Waals surface area contributed by atoms with Crippen LogP contribution in [0.1, 0.15) is 40.2 Å². The van der Waals surface area contributed by atoms with Gasteiger partial charge in [-0.15, -0.1) is 0 Å². The van der Waals surface area contributed by atoms with Crippen LogP contribution >= 0.6 is 0 Å². The van der Waals surface area contributed by atoms with Gasteiger partial charge < -0.3 is 14.4 Å². The van der Waals surface area contributed by atoms with Gasteiger partial charge >= 0.3 is 5.97 Å². The molecular formula is C17H18FNO4. The molecule has 1 aromatic heterocycles. The fourth-order valence-electron chi connectivity index (χ4n) is 2.43. The van der Waals surface area contributed by atoms with E-state index in [0.717, 1.165) is 0 Å². The molecule has 1 N–H and O–H groups in total. The van der Waals surface area contributed by atoms with E-state index in [-0.39, 0.29) is 17.7 Å². The van der Waals surface area contributed by atoms with E-state index < -0.39 is 23.7 Å². The standard InChI is InChI=1S/C17H18FNO4/c1-10-9-23-14(8-15(20)21)16(10)17(22)19(3)11(2)12-6-4-5-7-13(12)18/h4-7,9,11H,8H2,1-3H3,(H,20,21). The summed E-state index contributed by atoms with van der Waals surface area (Å²) in [6, 6.07) is 5.73. The average Bonchev–Trinajstić information content (AvgIpc) is 2.85. The summed E-state index contributed by atoms with van der Waals surface area (Å²) in [6.45, 7) is 3.38. The lowest BCUT2D eigenvalue weighted by atomic mass is 10.0. The number of rotatable bonds is 5. The van der Waals surface area contributed by atoms with Crippen molar-refractivity contribution in [3.63, 3.8) is 0 Å². The van der Waals surface area contributed by atoms with Crippen molar-refractivity contribution in [2.45, 2.75) is 26.3 Å². The highest BCUT2D eigenvalue weighted by atomic mass is 19.1. The molecule has 0 saturated heterocycles. The Labute approximate surface area is 133 Å². The number of aryl methyl sites for hydroxylation is 1. The fraction of sp³-hybridized carbons (Fsp3) is 0.294. The molecular weight excluding hydrogens is 301 g/mol. The first kappa shape index (κ1) is 16.7. The van der Waals surface area contributed by atoms with Gasteiger partial charge in [-0.25, -0.2) is 4.39 Å². The van der Waals surface area contributed by atoms with E-state index in [9.17, 15) is 14.0 Å². The van der Waals surface area contributed by atoms with Gasteiger partial charge in [0.15, 0.2) is 0 Å². The molecule has 1 aromatic carbocycles. The number of carbonyl (C=O) groups excluding carboxylic acids is 1. The minimum absolute atomic E-state index is 0.104. The third-order valence-corrected chi connectivity index (χ3v) is 3.83. The van der Waals surface area contributed by atoms with Gasteiger partial charge in [0, 0.05) is 18.2 Å². The molecule has 0 bridgehead atoms. The van der Waals surface area contributed by atoms with E-state index in [1.165, 1.54) is 17.2 Å². The van der Waals surface area contributed by atoms with E-state index >= 15 is 0 Å². The Morgan fingerprint density at radius 2 is 2.00 bits per heavy atom. The van der Waals surface area contributed by atoms with Gasteiger partial charge in [-0.1, -0.05) is 18.2 Å². The Morgan fingerprint density at radius 3 is 2.61 bits per heavy atom. The van der Waals surface area contributed by atoms with Crippen molar-refractivity contribution in [2.24, 2.45) is 0 Å². The molecule has 0 saturated carbocycles. The molecule has 5 nitrogen and oxygen atoms in total. The Hall–Kier alpha value is -2.63. The second kappa shape index (κ2) is 6.64. The lowest BCUT2D eigenvalue weighted by molar-refractivity contribution is -0.136. The number of halogens is 1. The van der Waals surface area contributed by atoms with Crippen molar-refractivity contribution in [1.29, 1.82) is 0 Å². The van der Waals surface area contributed by atoms with Gasteiger partial charge in [0.25, 0.3) is 5.91 Å². The maximum Gasteiger partial charge on any atom is 0.311 e. The van der Waals surface area contributed by atoms with Crippen LogP contribution in [0.25, 0.3) is 0 Å². The van der Waals surface area contributed by atoms with Crippen LogP contribution in [0.2, 0.25) is 0 Å². The number of carboxylic acids is 1. The molecule has 0 fully saturated rings. The van der Waals surface area contributed by atoms with Crippen molar-refractivity contribution in [3.8, 4) is 0 Å². The summed E-state index contributed by atoms with van der Waals surface area (Å²) in [5.74, 6) is -1.77. The highest BCUT2D eigenvalue weighted by molar-refractivity contribution is 5.97. The largest absolute Gasteiger partial charge is 0.481 e. The van der Waals surface area contributed by atoms with Gasteiger partial charge in [0.1, 0.15) is 18.0 Å². The lowest BCUT2D eigenvalue weighted by Gasteiger charge is -2.26. The first-order valence-electron chi connectivity index (χ1n) is 7.13. The quantitative estimate of drug-likeness (QED) is 0.919. The Balaban J connectivity index is 2.32. The molecule has 6 heteroatoms. The fourth-order valence-corrected chi connectivity index (χ4v) is 2.43. The summed E-state index contributed by atoms with van der Waals surface area (Å²) in [7, 11) is 1.55. The zero-order valence-corrected chi connectivity index (χ0v) is 13.2. The number of carbonyl (C=O) groups is 2. The maximum atomic E-state index is 13.9. The van der Waals surface area contributed by atoms with Crippen LogP contribution in [0, 0.1) is 12.7 Å². The second-order valence-corrected chi connectivity index (χ2v) is 5.40. The first-order valence-corrected chi connectivity index (χ1v) is 7.13. The normalized spacial score (nSPS) is 12.0. The monoisotopic (exact) mass is 319 g/mol. The molecule has 1 heterocycles. The molecule has 1 unspecified atom stereocenters. The minimum atomic E-state index is -1.08. The molecule has 1 atom stereocenters. The molecule has 0 aliphatic rings. The van der Waals surface area contributed by atoms with Crippen LogP contribution in [0.4, 0.5) is 4.39 Å². The number of hydrogen-bond acceptors (Lipinski definition) is 3. The predicted octanol–water partition coefficient (Wildman–Crippen LogP) is 3.19. The predicted molar refractivity (Wildman–Crippen MR) is 81.7 cm³/mol. The van der Waals surface area contributed by atoms with E-state index in [4.69, 9.17) is 9.52 Å². The number of aliphatic carboxylic acids is 1. The summed E-state index contributed by atoms with van der Waals surface area (Å²) < 4.78 is 19.1. The van der Waals surface area contributed by atoms with Gasteiger partial charge in [-0.05, 0) is 19.9 Å². The zero-order valence-electron chi connectivity index (χ0n) is 13.2. The SMILES string of the molecule is Cc1coc(CC(=O)O)c1C(=O)N(C)C(C)c1ccccc1F. The number of nitrogens with zero attached hydrogens (tertiary/aromatic N) is 1. The van der Waals surface area contributed by atoms with Crippen molar-refractivity contribution < 1.29 is 23.5 Å². The molecule has 23 heavy (non-hydrogen) atoms. The van der Waals surface area contributed by atoms with E-state index in [2.05, 4.69) is 0 Å². The Morgan fingerprint density at radius 1 is 1.35 bits per heavy atom. The molecule has 122 valence electrons. The van der Waals surface area contributed by atoms with E-state index in [0.29, 0.717) is 11.1 Å². The third kappa shape index (κ3) is 3.41. The van der Waals surface area contributed by atoms with Gasteiger partial charge in [-0.2, -0.15) is 0 Å². The lowest BCUT2D eigenvalue weighted by Crippen LogP contribution is -2.31. The minimum Gasteiger partial charge on any atom is -0.481 e.